The summed E-state index contributed by atoms with van der Waals surface area (Å²) < 4.78 is 0. The fraction of sp³-hybridized carbons (Fsp3) is 0.579. The number of anilines is 1. The molecule has 1 fully saturated rings. The van der Waals surface area contributed by atoms with Gasteiger partial charge in [-0.3, -0.25) is 9.59 Å². The molecule has 4 nitrogen and oxygen atoms in total. The largest absolute Gasteiger partial charge is 0.339 e. The molecule has 2 rings (SSSR count). The zero-order chi connectivity index (χ0) is 16.8. The summed E-state index contributed by atoms with van der Waals surface area (Å²) >= 11 is 0. The second kappa shape index (κ2) is 8.14. The number of rotatable bonds is 6. The Labute approximate surface area is 139 Å². The number of aryl methyl sites for hydroxylation is 1. The van der Waals surface area contributed by atoms with Gasteiger partial charge in [0.1, 0.15) is 0 Å². The first-order valence-corrected chi connectivity index (χ1v) is 8.67. The van der Waals surface area contributed by atoms with Crippen LogP contribution in [0.3, 0.4) is 0 Å². The van der Waals surface area contributed by atoms with Crippen molar-refractivity contribution in [3.05, 3.63) is 29.8 Å². The van der Waals surface area contributed by atoms with Gasteiger partial charge in [0.15, 0.2) is 0 Å². The normalized spacial score (nSPS) is 14.7. The molecule has 2 amide bonds. The fourth-order valence-corrected chi connectivity index (χ4v) is 3.46. The summed E-state index contributed by atoms with van der Waals surface area (Å²) in [6, 6.07) is 8.32. The molecule has 23 heavy (non-hydrogen) atoms. The van der Waals surface area contributed by atoms with E-state index in [1.54, 1.807) is 11.8 Å². The third kappa shape index (κ3) is 4.57. The highest BCUT2D eigenvalue weighted by atomic mass is 16.2. The molecule has 0 radical (unpaired) electrons. The van der Waals surface area contributed by atoms with Gasteiger partial charge in [-0.1, -0.05) is 25.0 Å². The summed E-state index contributed by atoms with van der Waals surface area (Å²) in [5, 5.41) is 0. The lowest BCUT2D eigenvalue weighted by molar-refractivity contribution is -0.131. The van der Waals surface area contributed by atoms with Gasteiger partial charge < -0.3 is 9.80 Å². The first-order chi connectivity index (χ1) is 11.0. The maximum absolute atomic E-state index is 12.6. The zero-order valence-corrected chi connectivity index (χ0v) is 14.5. The minimum Gasteiger partial charge on any atom is -0.339 e. The number of amides is 2. The Balaban J connectivity index is 1.99. The van der Waals surface area contributed by atoms with Gasteiger partial charge in [-0.05, 0) is 44.4 Å². The van der Waals surface area contributed by atoms with Crippen molar-refractivity contribution in [1.82, 2.24) is 4.90 Å². The summed E-state index contributed by atoms with van der Waals surface area (Å²) in [6.45, 7) is 6.80. The van der Waals surface area contributed by atoms with Crippen LogP contribution in [0.1, 0.15) is 51.5 Å². The van der Waals surface area contributed by atoms with Crippen LogP contribution in [0.2, 0.25) is 0 Å². The summed E-state index contributed by atoms with van der Waals surface area (Å²) in [6.07, 6.45) is 4.91. The predicted octanol–water partition coefficient (Wildman–Crippen LogP) is 3.53. The van der Waals surface area contributed by atoms with E-state index in [0.717, 1.165) is 24.1 Å². The van der Waals surface area contributed by atoms with Crippen molar-refractivity contribution in [2.75, 3.05) is 18.0 Å². The Morgan fingerprint density at radius 2 is 1.91 bits per heavy atom. The smallest absolute Gasteiger partial charge is 0.228 e. The van der Waals surface area contributed by atoms with E-state index >= 15 is 0 Å². The maximum Gasteiger partial charge on any atom is 0.228 e. The van der Waals surface area contributed by atoms with Crippen LogP contribution in [0.15, 0.2) is 24.3 Å². The van der Waals surface area contributed by atoms with Crippen molar-refractivity contribution < 1.29 is 9.59 Å². The van der Waals surface area contributed by atoms with Crippen molar-refractivity contribution in [2.24, 2.45) is 0 Å². The van der Waals surface area contributed by atoms with Gasteiger partial charge in [0, 0.05) is 38.2 Å². The van der Waals surface area contributed by atoms with Crippen LogP contribution in [0.5, 0.6) is 0 Å². The number of nitrogens with zero attached hydrogens (tertiary/aromatic N) is 2. The summed E-state index contributed by atoms with van der Waals surface area (Å²) in [7, 11) is 0. The zero-order valence-electron chi connectivity index (χ0n) is 14.5. The molecule has 1 aliphatic carbocycles. The van der Waals surface area contributed by atoms with Crippen LogP contribution in [-0.4, -0.2) is 35.8 Å². The molecule has 1 saturated carbocycles. The molecular weight excluding hydrogens is 288 g/mol. The van der Waals surface area contributed by atoms with E-state index in [0.29, 0.717) is 25.6 Å². The molecule has 1 aliphatic rings. The number of carbonyl (C=O) groups excluding carboxylic acids is 2. The SMILES string of the molecule is CCN(C(=O)CCN(C(C)=O)C1CCCC1)c1cccc(C)c1. The van der Waals surface area contributed by atoms with Crippen molar-refractivity contribution >= 4 is 17.5 Å². The lowest BCUT2D eigenvalue weighted by Crippen LogP contribution is -2.41. The topological polar surface area (TPSA) is 40.6 Å². The molecular formula is C19H28N2O2. The maximum atomic E-state index is 12.6. The highest BCUT2D eigenvalue weighted by Crippen LogP contribution is 2.24. The average molecular weight is 316 g/mol. The van der Waals surface area contributed by atoms with E-state index in [1.165, 1.54) is 12.8 Å². The van der Waals surface area contributed by atoms with Crippen LogP contribution < -0.4 is 4.90 Å². The molecule has 0 saturated heterocycles. The molecule has 1 aromatic carbocycles. The van der Waals surface area contributed by atoms with Crippen LogP contribution in [-0.2, 0) is 9.59 Å². The Bertz CT molecular complexity index is 550. The van der Waals surface area contributed by atoms with Crippen LogP contribution >= 0.6 is 0 Å². The van der Waals surface area contributed by atoms with E-state index in [2.05, 4.69) is 0 Å². The molecule has 1 aromatic rings. The van der Waals surface area contributed by atoms with Gasteiger partial charge in [-0.2, -0.15) is 0 Å². The van der Waals surface area contributed by atoms with Crippen LogP contribution in [0.4, 0.5) is 5.69 Å². The number of carbonyl (C=O) groups is 2. The van der Waals surface area contributed by atoms with Gasteiger partial charge >= 0.3 is 0 Å². The number of hydrogen-bond donors (Lipinski definition) is 0. The van der Waals surface area contributed by atoms with Gasteiger partial charge in [0.05, 0.1) is 0 Å². The highest BCUT2D eigenvalue weighted by molar-refractivity contribution is 5.93. The van der Waals surface area contributed by atoms with Gasteiger partial charge in [0.25, 0.3) is 0 Å². The molecule has 0 aromatic heterocycles. The Kier molecular flexibility index (Phi) is 6.20. The first-order valence-electron chi connectivity index (χ1n) is 8.67. The third-order valence-electron chi connectivity index (χ3n) is 4.67. The Morgan fingerprint density at radius 1 is 1.22 bits per heavy atom. The van der Waals surface area contributed by atoms with Gasteiger partial charge in [-0.25, -0.2) is 0 Å². The highest BCUT2D eigenvalue weighted by Gasteiger charge is 2.25. The molecule has 0 heterocycles. The van der Waals surface area contributed by atoms with E-state index < -0.39 is 0 Å². The first kappa shape index (κ1) is 17.5. The van der Waals surface area contributed by atoms with E-state index in [9.17, 15) is 9.59 Å². The Hall–Kier alpha value is -1.84. The molecule has 0 atom stereocenters. The molecule has 0 aliphatic heterocycles. The second-order valence-corrected chi connectivity index (χ2v) is 6.38. The molecule has 0 spiro atoms. The van der Waals surface area contributed by atoms with Crippen molar-refractivity contribution in [2.45, 2.75) is 58.9 Å². The number of benzene rings is 1. The lowest BCUT2D eigenvalue weighted by atomic mass is 10.1. The van der Waals surface area contributed by atoms with Crippen molar-refractivity contribution in [3.8, 4) is 0 Å². The minimum absolute atomic E-state index is 0.0855. The van der Waals surface area contributed by atoms with E-state index in [-0.39, 0.29) is 11.8 Å². The molecule has 126 valence electrons. The van der Waals surface area contributed by atoms with Crippen LogP contribution in [0, 0.1) is 6.92 Å². The van der Waals surface area contributed by atoms with Crippen LogP contribution in [0.25, 0.3) is 0 Å². The predicted molar refractivity (Wildman–Crippen MR) is 93.5 cm³/mol. The quantitative estimate of drug-likeness (QED) is 0.805. The number of hydrogen-bond acceptors (Lipinski definition) is 2. The summed E-state index contributed by atoms with van der Waals surface area (Å²) in [4.78, 5) is 28.2. The lowest BCUT2D eigenvalue weighted by Gasteiger charge is -2.29. The summed E-state index contributed by atoms with van der Waals surface area (Å²) in [5.41, 5.74) is 2.08. The molecule has 0 bridgehead atoms. The van der Waals surface area contributed by atoms with E-state index in [1.807, 2.05) is 43.0 Å². The third-order valence-corrected chi connectivity index (χ3v) is 4.67. The van der Waals surface area contributed by atoms with E-state index in [4.69, 9.17) is 0 Å². The minimum atomic E-state index is 0.0855. The van der Waals surface area contributed by atoms with Gasteiger partial charge in [0.2, 0.25) is 11.8 Å². The fourth-order valence-electron chi connectivity index (χ4n) is 3.46. The van der Waals surface area contributed by atoms with Crippen molar-refractivity contribution in [3.63, 3.8) is 0 Å². The summed E-state index contributed by atoms with van der Waals surface area (Å²) in [5.74, 6) is 0.172. The monoisotopic (exact) mass is 316 g/mol. The standard InChI is InChI=1S/C19H28N2O2/c1-4-20(18-11-7-8-15(2)14-18)19(23)12-13-21(16(3)22)17-9-5-6-10-17/h7-8,11,14,17H,4-6,9-10,12-13H2,1-3H3. The molecule has 0 unspecified atom stereocenters. The average Bonchev–Trinajstić information content (AvgIpc) is 3.02. The van der Waals surface area contributed by atoms with Gasteiger partial charge in [-0.15, -0.1) is 0 Å². The Morgan fingerprint density at radius 3 is 2.48 bits per heavy atom. The second-order valence-electron chi connectivity index (χ2n) is 6.38. The molecule has 4 heteroatoms. The molecule has 0 N–H and O–H groups in total. The van der Waals surface area contributed by atoms with Crippen molar-refractivity contribution in [1.29, 1.82) is 0 Å².